The fourth-order valence-electron chi connectivity index (χ4n) is 2.41. The summed E-state index contributed by atoms with van der Waals surface area (Å²) in [6, 6.07) is -0.360. The topological polar surface area (TPSA) is 55.1 Å². The molecular weight excluding hydrogens is 200 g/mol. The second kappa shape index (κ2) is 6.24. The summed E-state index contributed by atoms with van der Waals surface area (Å²) in [4.78, 5) is 11.7. The van der Waals surface area contributed by atoms with E-state index in [4.69, 9.17) is 5.73 Å². The highest BCUT2D eigenvalue weighted by molar-refractivity contribution is 5.81. The van der Waals surface area contributed by atoms with E-state index in [1.54, 1.807) is 0 Å². The van der Waals surface area contributed by atoms with Gasteiger partial charge in [0.05, 0.1) is 6.04 Å². The standard InChI is InChI=1S/C13H26N2O/c1-9(2)12(14)13(16)15-8-11-6-4-5-10(3)7-11/h9-12H,4-8,14H2,1-3H3,(H,15,16)/t10?,11?,12-/m1/s1. The van der Waals surface area contributed by atoms with Crippen LogP contribution in [0.2, 0.25) is 0 Å². The van der Waals surface area contributed by atoms with Crippen LogP contribution in [-0.4, -0.2) is 18.5 Å². The van der Waals surface area contributed by atoms with Gasteiger partial charge in [-0.3, -0.25) is 4.79 Å². The molecule has 0 bridgehead atoms. The molecule has 3 nitrogen and oxygen atoms in total. The zero-order valence-corrected chi connectivity index (χ0v) is 10.8. The average molecular weight is 226 g/mol. The Morgan fingerprint density at radius 3 is 2.69 bits per heavy atom. The summed E-state index contributed by atoms with van der Waals surface area (Å²) in [6.07, 6.45) is 5.15. The lowest BCUT2D eigenvalue weighted by Crippen LogP contribution is -2.45. The Hall–Kier alpha value is -0.570. The molecule has 16 heavy (non-hydrogen) atoms. The molecule has 0 heterocycles. The number of amides is 1. The van der Waals surface area contributed by atoms with Crippen molar-refractivity contribution >= 4 is 5.91 Å². The van der Waals surface area contributed by atoms with Gasteiger partial charge < -0.3 is 11.1 Å². The summed E-state index contributed by atoms with van der Waals surface area (Å²) in [6.45, 7) is 7.07. The molecule has 0 spiro atoms. The van der Waals surface area contributed by atoms with Gasteiger partial charge in [0.1, 0.15) is 0 Å². The number of hydrogen-bond donors (Lipinski definition) is 2. The van der Waals surface area contributed by atoms with Gasteiger partial charge in [-0.15, -0.1) is 0 Å². The minimum atomic E-state index is -0.360. The van der Waals surface area contributed by atoms with Crippen LogP contribution in [0.25, 0.3) is 0 Å². The Labute approximate surface area is 99.2 Å². The predicted octanol–water partition coefficient (Wildman–Crippen LogP) is 1.91. The molecule has 1 saturated carbocycles. The van der Waals surface area contributed by atoms with Gasteiger partial charge in [0.25, 0.3) is 0 Å². The molecule has 1 amide bonds. The van der Waals surface area contributed by atoms with Crippen LogP contribution in [0.15, 0.2) is 0 Å². The number of nitrogens with one attached hydrogen (secondary N) is 1. The van der Waals surface area contributed by atoms with Gasteiger partial charge >= 0.3 is 0 Å². The van der Waals surface area contributed by atoms with Crippen molar-refractivity contribution in [2.75, 3.05) is 6.54 Å². The van der Waals surface area contributed by atoms with Crippen molar-refractivity contribution in [2.24, 2.45) is 23.5 Å². The Bertz CT molecular complexity index is 228. The molecule has 1 fully saturated rings. The Balaban J connectivity index is 2.25. The van der Waals surface area contributed by atoms with E-state index in [2.05, 4.69) is 12.2 Å². The quantitative estimate of drug-likeness (QED) is 0.769. The third-order valence-corrected chi connectivity index (χ3v) is 3.63. The Morgan fingerprint density at radius 1 is 1.44 bits per heavy atom. The monoisotopic (exact) mass is 226 g/mol. The van der Waals surface area contributed by atoms with E-state index < -0.39 is 0 Å². The highest BCUT2D eigenvalue weighted by Gasteiger charge is 2.21. The van der Waals surface area contributed by atoms with Gasteiger partial charge in [-0.25, -0.2) is 0 Å². The van der Waals surface area contributed by atoms with Crippen LogP contribution in [0.5, 0.6) is 0 Å². The summed E-state index contributed by atoms with van der Waals surface area (Å²) in [7, 11) is 0. The zero-order chi connectivity index (χ0) is 12.1. The molecule has 0 radical (unpaired) electrons. The zero-order valence-electron chi connectivity index (χ0n) is 10.8. The molecule has 0 aliphatic heterocycles. The summed E-state index contributed by atoms with van der Waals surface area (Å²) < 4.78 is 0. The van der Waals surface area contributed by atoms with Gasteiger partial charge in [0.2, 0.25) is 5.91 Å². The first-order chi connectivity index (χ1) is 7.50. The maximum absolute atomic E-state index is 11.7. The van der Waals surface area contributed by atoms with E-state index in [1.807, 2.05) is 13.8 Å². The van der Waals surface area contributed by atoms with E-state index in [0.29, 0.717) is 5.92 Å². The second-order valence-corrected chi connectivity index (χ2v) is 5.65. The highest BCUT2D eigenvalue weighted by Crippen LogP contribution is 2.27. The van der Waals surface area contributed by atoms with Gasteiger partial charge in [-0.05, 0) is 30.6 Å². The lowest BCUT2D eigenvalue weighted by molar-refractivity contribution is -0.123. The van der Waals surface area contributed by atoms with Gasteiger partial charge in [0.15, 0.2) is 0 Å². The lowest BCUT2D eigenvalue weighted by atomic mass is 9.82. The average Bonchev–Trinajstić information content (AvgIpc) is 2.24. The van der Waals surface area contributed by atoms with Crippen molar-refractivity contribution in [1.82, 2.24) is 5.32 Å². The maximum atomic E-state index is 11.7. The molecule has 0 aromatic rings. The van der Waals surface area contributed by atoms with E-state index in [9.17, 15) is 4.79 Å². The first kappa shape index (κ1) is 13.5. The van der Waals surface area contributed by atoms with Gasteiger partial charge in [-0.1, -0.05) is 33.6 Å². The first-order valence-corrected chi connectivity index (χ1v) is 6.54. The largest absolute Gasteiger partial charge is 0.354 e. The molecule has 1 aliphatic rings. The van der Waals surface area contributed by atoms with E-state index in [1.165, 1.54) is 25.7 Å². The number of rotatable bonds is 4. The lowest BCUT2D eigenvalue weighted by Gasteiger charge is -2.27. The summed E-state index contributed by atoms with van der Waals surface area (Å²) >= 11 is 0. The normalized spacial score (nSPS) is 27.8. The molecule has 0 aromatic carbocycles. The summed E-state index contributed by atoms with van der Waals surface area (Å²) in [5.41, 5.74) is 5.79. The highest BCUT2D eigenvalue weighted by atomic mass is 16.2. The fourth-order valence-corrected chi connectivity index (χ4v) is 2.41. The van der Waals surface area contributed by atoms with Gasteiger partial charge in [-0.2, -0.15) is 0 Å². The van der Waals surface area contributed by atoms with Crippen molar-refractivity contribution in [1.29, 1.82) is 0 Å². The third kappa shape index (κ3) is 4.12. The van der Waals surface area contributed by atoms with Crippen molar-refractivity contribution < 1.29 is 4.79 Å². The number of carbonyl (C=O) groups excluding carboxylic acids is 1. The minimum Gasteiger partial charge on any atom is -0.354 e. The number of hydrogen-bond acceptors (Lipinski definition) is 2. The van der Waals surface area contributed by atoms with Crippen molar-refractivity contribution in [2.45, 2.75) is 52.5 Å². The van der Waals surface area contributed by atoms with Crippen LogP contribution in [0.3, 0.4) is 0 Å². The van der Waals surface area contributed by atoms with Crippen LogP contribution in [-0.2, 0) is 4.79 Å². The van der Waals surface area contributed by atoms with Crippen molar-refractivity contribution in [3.63, 3.8) is 0 Å². The molecule has 0 saturated heterocycles. The third-order valence-electron chi connectivity index (χ3n) is 3.63. The summed E-state index contributed by atoms with van der Waals surface area (Å²) in [5.74, 6) is 1.69. The predicted molar refractivity (Wildman–Crippen MR) is 66.9 cm³/mol. The van der Waals surface area contributed by atoms with Crippen LogP contribution >= 0.6 is 0 Å². The molecule has 3 N–H and O–H groups in total. The number of nitrogens with two attached hydrogens (primary N) is 1. The first-order valence-electron chi connectivity index (χ1n) is 6.54. The molecular formula is C13H26N2O. The molecule has 1 rings (SSSR count). The number of carbonyl (C=O) groups is 1. The Morgan fingerprint density at radius 2 is 2.12 bits per heavy atom. The van der Waals surface area contributed by atoms with E-state index in [-0.39, 0.29) is 17.9 Å². The van der Waals surface area contributed by atoms with Crippen molar-refractivity contribution in [3.05, 3.63) is 0 Å². The molecule has 94 valence electrons. The van der Waals surface area contributed by atoms with Crippen LogP contribution in [0.4, 0.5) is 0 Å². The fraction of sp³-hybridized carbons (Fsp3) is 0.923. The molecule has 1 aliphatic carbocycles. The Kier molecular flexibility index (Phi) is 5.26. The smallest absolute Gasteiger partial charge is 0.237 e. The minimum absolute atomic E-state index is 0.00762. The van der Waals surface area contributed by atoms with Crippen molar-refractivity contribution in [3.8, 4) is 0 Å². The maximum Gasteiger partial charge on any atom is 0.237 e. The van der Waals surface area contributed by atoms with Crippen LogP contribution in [0.1, 0.15) is 46.5 Å². The van der Waals surface area contributed by atoms with Crippen LogP contribution in [0, 0.1) is 17.8 Å². The molecule has 3 heteroatoms. The summed E-state index contributed by atoms with van der Waals surface area (Å²) in [5, 5.41) is 2.99. The van der Waals surface area contributed by atoms with Gasteiger partial charge in [0, 0.05) is 6.54 Å². The SMILES string of the molecule is CC1CCCC(CNC(=O)[C@H](N)C(C)C)C1. The van der Waals surface area contributed by atoms with Crippen LogP contribution < -0.4 is 11.1 Å². The molecule has 2 unspecified atom stereocenters. The van der Waals surface area contributed by atoms with E-state index >= 15 is 0 Å². The second-order valence-electron chi connectivity index (χ2n) is 5.65. The van der Waals surface area contributed by atoms with E-state index in [0.717, 1.165) is 12.5 Å². The molecule has 3 atom stereocenters. The molecule has 0 aromatic heterocycles.